The summed E-state index contributed by atoms with van der Waals surface area (Å²) in [6.07, 6.45) is 3.03. The van der Waals surface area contributed by atoms with E-state index in [9.17, 15) is 0 Å². The van der Waals surface area contributed by atoms with Gasteiger partial charge in [0.05, 0.1) is 0 Å². The first-order valence-corrected chi connectivity index (χ1v) is 5.20. The molecule has 0 aromatic rings. The summed E-state index contributed by atoms with van der Waals surface area (Å²) in [6.45, 7) is 14.4. The molecule has 0 spiro atoms. The van der Waals surface area contributed by atoms with E-state index < -0.39 is 0 Å². The standard InChI is InChI=1S/C12H25NO/c1-7-12(5,8-9-14-6)10-13-11(2,3)4/h7,13H,1,8-10H2,2-6H3. The van der Waals surface area contributed by atoms with Crippen LogP contribution in [0.2, 0.25) is 0 Å². The summed E-state index contributed by atoms with van der Waals surface area (Å²) >= 11 is 0. The zero-order valence-corrected chi connectivity index (χ0v) is 10.3. The molecule has 84 valence electrons. The molecule has 0 bridgehead atoms. The zero-order valence-electron chi connectivity index (χ0n) is 10.3. The highest BCUT2D eigenvalue weighted by atomic mass is 16.5. The highest BCUT2D eigenvalue weighted by molar-refractivity contribution is 4.94. The first kappa shape index (κ1) is 13.7. The molecule has 0 aliphatic carbocycles. The van der Waals surface area contributed by atoms with Gasteiger partial charge < -0.3 is 10.1 Å². The predicted octanol–water partition coefficient (Wildman–Crippen LogP) is 2.60. The molecule has 0 rings (SSSR count). The number of rotatable bonds is 6. The van der Waals surface area contributed by atoms with Crippen molar-refractivity contribution in [2.75, 3.05) is 20.3 Å². The van der Waals surface area contributed by atoms with Crippen LogP contribution < -0.4 is 5.32 Å². The Bertz CT molecular complexity index is 172. The molecule has 0 aromatic heterocycles. The van der Waals surface area contributed by atoms with Gasteiger partial charge in [0.2, 0.25) is 0 Å². The van der Waals surface area contributed by atoms with Crippen LogP contribution in [0, 0.1) is 5.41 Å². The van der Waals surface area contributed by atoms with E-state index in [2.05, 4.69) is 39.6 Å². The average molecular weight is 199 g/mol. The molecule has 0 heterocycles. The van der Waals surface area contributed by atoms with E-state index in [4.69, 9.17) is 4.74 Å². The SMILES string of the molecule is C=CC(C)(CCOC)CNC(C)(C)C. The number of hydrogen-bond acceptors (Lipinski definition) is 2. The first-order chi connectivity index (χ1) is 6.33. The number of methoxy groups -OCH3 is 1. The molecule has 2 heteroatoms. The molecule has 0 fully saturated rings. The Hall–Kier alpha value is -0.340. The highest BCUT2D eigenvalue weighted by Gasteiger charge is 2.22. The monoisotopic (exact) mass is 199 g/mol. The lowest BCUT2D eigenvalue weighted by molar-refractivity contribution is 0.158. The Morgan fingerprint density at radius 3 is 2.21 bits per heavy atom. The second-order valence-corrected chi connectivity index (χ2v) is 5.20. The molecule has 2 nitrogen and oxygen atoms in total. The van der Waals surface area contributed by atoms with E-state index in [1.165, 1.54) is 0 Å². The van der Waals surface area contributed by atoms with Crippen LogP contribution in [-0.2, 0) is 4.74 Å². The summed E-state index contributed by atoms with van der Waals surface area (Å²) in [5, 5.41) is 3.50. The van der Waals surface area contributed by atoms with Gasteiger partial charge in [-0.1, -0.05) is 13.0 Å². The molecule has 0 aliphatic heterocycles. The van der Waals surface area contributed by atoms with Crippen molar-refractivity contribution in [3.63, 3.8) is 0 Å². The minimum atomic E-state index is 0.128. The Balaban J connectivity index is 4.05. The summed E-state index contributed by atoms with van der Waals surface area (Å²) in [7, 11) is 1.74. The topological polar surface area (TPSA) is 21.3 Å². The smallest absolute Gasteiger partial charge is 0.0470 e. The van der Waals surface area contributed by atoms with E-state index in [1.54, 1.807) is 7.11 Å². The molecule has 0 saturated carbocycles. The Labute approximate surface area is 88.7 Å². The lowest BCUT2D eigenvalue weighted by atomic mass is 9.86. The highest BCUT2D eigenvalue weighted by Crippen LogP contribution is 2.22. The Kier molecular flexibility index (Phi) is 5.38. The van der Waals surface area contributed by atoms with E-state index in [-0.39, 0.29) is 11.0 Å². The number of ether oxygens (including phenoxy) is 1. The molecule has 0 amide bonds. The summed E-state index contributed by atoms with van der Waals surface area (Å²) in [5.74, 6) is 0. The van der Waals surface area contributed by atoms with Crippen LogP contribution in [0.3, 0.4) is 0 Å². The fourth-order valence-electron chi connectivity index (χ4n) is 1.06. The first-order valence-electron chi connectivity index (χ1n) is 5.20. The third-order valence-corrected chi connectivity index (χ3v) is 2.39. The van der Waals surface area contributed by atoms with Gasteiger partial charge >= 0.3 is 0 Å². The molecular formula is C12H25NO. The quantitative estimate of drug-likeness (QED) is 0.664. The van der Waals surface area contributed by atoms with Gasteiger partial charge in [-0.2, -0.15) is 0 Å². The van der Waals surface area contributed by atoms with E-state index in [0.717, 1.165) is 19.6 Å². The van der Waals surface area contributed by atoms with Crippen LogP contribution in [0.5, 0.6) is 0 Å². The molecule has 1 unspecified atom stereocenters. The second kappa shape index (κ2) is 5.52. The minimum absolute atomic E-state index is 0.128. The molecule has 1 N–H and O–H groups in total. The second-order valence-electron chi connectivity index (χ2n) is 5.20. The van der Waals surface area contributed by atoms with E-state index in [1.807, 2.05) is 6.08 Å². The van der Waals surface area contributed by atoms with Crippen LogP contribution >= 0.6 is 0 Å². The summed E-state index contributed by atoms with van der Waals surface area (Å²) in [6, 6.07) is 0. The minimum Gasteiger partial charge on any atom is -0.385 e. The molecule has 14 heavy (non-hydrogen) atoms. The fraction of sp³-hybridized carbons (Fsp3) is 0.833. The van der Waals surface area contributed by atoms with Gasteiger partial charge in [0.1, 0.15) is 0 Å². The lowest BCUT2D eigenvalue weighted by Crippen LogP contribution is -2.42. The average Bonchev–Trinajstić information content (AvgIpc) is 2.10. The summed E-state index contributed by atoms with van der Waals surface area (Å²) < 4.78 is 5.10. The van der Waals surface area contributed by atoms with Crippen LogP contribution in [0.4, 0.5) is 0 Å². The lowest BCUT2D eigenvalue weighted by Gasteiger charge is -2.31. The van der Waals surface area contributed by atoms with Crippen LogP contribution in [0.15, 0.2) is 12.7 Å². The summed E-state index contributed by atoms with van der Waals surface area (Å²) in [4.78, 5) is 0. The molecule has 1 atom stereocenters. The summed E-state index contributed by atoms with van der Waals surface area (Å²) in [5.41, 5.74) is 0.292. The van der Waals surface area contributed by atoms with Crippen molar-refractivity contribution in [3.05, 3.63) is 12.7 Å². The number of hydrogen-bond donors (Lipinski definition) is 1. The third-order valence-electron chi connectivity index (χ3n) is 2.39. The van der Waals surface area contributed by atoms with E-state index >= 15 is 0 Å². The van der Waals surface area contributed by atoms with Crippen molar-refractivity contribution in [1.29, 1.82) is 0 Å². The fourth-order valence-corrected chi connectivity index (χ4v) is 1.06. The molecule has 0 saturated heterocycles. The maximum Gasteiger partial charge on any atom is 0.0470 e. The van der Waals surface area contributed by atoms with Gasteiger partial charge in [0.15, 0.2) is 0 Å². The predicted molar refractivity (Wildman–Crippen MR) is 62.6 cm³/mol. The van der Waals surface area contributed by atoms with Gasteiger partial charge in [-0.3, -0.25) is 0 Å². The molecule has 0 radical (unpaired) electrons. The zero-order chi connectivity index (χ0) is 11.2. The molecule has 0 aliphatic rings. The van der Waals surface area contributed by atoms with E-state index in [0.29, 0.717) is 0 Å². The van der Waals surface area contributed by atoms with Gasteiger partial charge in [0.25, 0.3) is 0 Å². The van der Waals surface area contributed by atoms with Crippen molar-refractivity contribution < 1.29 is 4.74 Å². The van der Waals surface area contributed by atoms with Crippen molar-refractivity contribution in [2.45, 2.75) is 39.7 Å². The normalized spacial score (nSPS) is 16.4. The Morgan fingerprint density at radius 1 is 1.29 bits per heavy atom. The van der Waals surface area contributed by atoms with Crippen molar-refractivity contribution in [1.82, 2.24) is 5.32 Å². The number of nitrogens with one attached hydrogen (secondary N) is 1. The van der Waals surface area contributed by atoms with Gasteiger partial charge in [0, 0.05) is 25.8 Å². The third kappa shape index (κ3) is 6.17. The van der Waals surface area contributed by atoms with Crippen LogP contribution in [0.25, 0.3) is 0 Å². The van der Waals surface area contributed by atoms with Crippen LogP contribution in [-0.4, -0.2) is 25.8 Å². The Morgan fingerprint density at radius 2 is 1.86 bits per heavy atom. The van der Waals surface area contributed by atoms with Crippen LogP contribution in [0.1, 0.15) is 34.1 Å². The maximum atomic E-state index is 5.10. The van der Waals surface area contributed by atoms with Gasteiger partial charge in [-0.25, -0.2) is 0 Å². The largest absolute Gasteiger partial charge is 0.385 e. The molecule has 0 aromatic carbocycles. The maximum absolute atomic E-state index is 5.10. The van der Waals surface area contributed by atoms with Gasteiger partial charge in [-0.05, 0) is 32.6 Å². The van der Waals surface area contributed by atoms with Crippen molar-refractivity contribution in [3.8, 4) is 0 Å². The van der Waals surface area contributed by atoms with Crippen molar-refractivity contribution in [2.24, 2.45) is 5.41 Å². The van der Waals surface area contributed by atoms with Gasteiger partial charge in [-0.15, -0.1) is 6.58 Å². The molecular weight excluding hydrogens is 174 g/mol. The van der Waals surface area contributed by atoms with Crippen molar-refractivity contribution >= 4 is 0 Å².